The molecule has 0 fully saturated rings. The molecule has 7 nitrogen and oxygen atoms in total. The van der Waals surface area contributed by atoms with E-state index in [0.29, 0.717) is 22.2 Å². The fourth-order valence-electron chi connectivity index (χ4n) is 2.35. The van der Waals surface area contributed by atoms with Gasteiger partial charge in [0.2, 0.25) is 11.1 Å². The van der Waals surface area contributed by atoms with Crippen LogP contribution in [0.1, 0.15) is 28.7 Å². The third kappa shape index (κ3) is 5.68. The molecular weight excluding hydrogens is 376 g/mol. The van der Waals surface area contributed by atoms with Gasteiger partial charge in [-0.1, -0.05) is 29.5 Å². The second-order valence-electron chi connectivity index (χ2n) is 6.14. The molecule has 3 rings (SSSR count). The van der Waals surface area contributed by atoms with Crippen molar-refractivity contribution >= 4 is 29.1 Å². The Hall–Kier alpha value is -3.13. The van der Waals surface area contributed by atoms with E-state index in [-0.39, 0.29) is 24.1 Å². The standard InChI is InChI=1S/C20H20N4O3S/c1-13-3-9-17(10-4-13)27-11-19-22-20(24-23-19)28-12-18(26)15-5-7-16(8-6-15)21-14(2)25/h3-10H,11-12H2,1-2H3,(H,21,25)(H,22,23,24). The van der Waals surface area contributed by atoms with E-state index >= 15 is 0 Å². The number of anilines is 1. The number of thioether (sulfide) groups is 1. The minimum Gasteiger partial charge on any atom is -0.486 e. The maximum absolute atomic E-state index is 12.3. The molecule has 3 aromatic rings. The highest BCUT2D eigenvalue weighted by molar-refractivity contribution is 7.99. The van der Waals surface area contributed by atoms with Crippen molar-refractivity contribution in [1.29, 1.82) is 0 Å². The Kier molecular flexibility index (Phi) is 6.44. The first-order chi connectivity index (χ1) is 13.5. The second-order valence-corrected chi connectivity index (χ2v) is 7.08. The first-order valence-corrected chi connectivity index (χ1v) is 9.62. The molecule has 1 heterocycles. The van der Waals surface area contributed by atoms with Gasteiger partial charge in [0.05, 0.1) is 5.75 Å². The first kappa shape index (κ1) is 19.6. The van der Waals surface area contributed by atoms with Crippen LogP contribution in [0.15, 0.2) is 53.7 Å². The number of nitrogens with zero attached hydrogens (tertiary/aromatic N) is 2. The first-order valence-electron chi connectivity index (χ1n) is 8.64. The maximum Gasteiger partial charge on any atom is 0.221 e. The van der Waals surface area contributed by atoms with Gasteiger partial charge in [-0.05, 0) is 43.3 Å². The summed E-state index contributed by atoms with van der Waals surface area (Å²) in [6.07, 6.45) is 0. The molecule has 2 aromatic carbocycles. The maximum atomic E-state index is 12.3. The van der Waals surface area contributed by atoms with Gasteiger partial charge in [-0.2, -0.15) is 0 Å². The summed E-state index contributed by atoms with van der Waals surface area (Å²) < 4.78 is 5.65. The van der Waals surface area contributed by atoms with Crippen molar-refractivity contribution in [2.75, 3.05) is 11.1 Å². The number of H-pyrrole nitrogens is 1. The number of nitrogens with one attached hydrogen (secondary N) is 2. The average Bonchev–Trinajstić information content (AvgIpc) is 3.14. The van der Waals surface area contributed by atoms with E-state index in [2.05, 4.69) is 20.5 Å². The number of aromatic amines is 1. The summed E-state index contributed by atoms with van der Waals surface area (Å²) in [6, 6.07) is 14.5. The number of rotatable bonds is 8. The summed E-state index contributed by atoms with van der Waals surface area (Å²) in [5.74, 6) is 1.38. The number of hydrogen-bond acceptors (Lipinski definition) is 6. The van der Waals surface area contributed by atoms with Crippen LogP contribution in [0.4, 0.5) is 5.69 Å². The Morgan fingerprint density at radius 2 is 1.82 bits per heavy atom. The molecule has 0 aliphatic rings. The second kappa shape index (κ2) is 9.18. The van der Waals surface area contributed by atoms with Crippen molar-refractivity contribution in [3.63, 3.8) is 0 Å². The molecule has 0 saturated carbocycles. The summed E-state index contributed by atoms with van der Waals surface area (Å²) in [4.78, 5) is 27.7. The van der Waals surface area contributed by atoms with E-state index < -0.39 is 0 Å². The molecule has 0 atom stereocenters. The van der Waals surface area contributed by atoms with Crippen molar-refractivity contribution in [1.82, 2.24) is 15.2 Å². The fraction of sp³-hybridized carbons (Fsp3) is 0.200. The topological polar surface area (TPSA) is 97.0 Å². The molecule has 0 bridgehead atoms. The molecular formula is C20H20N4O3S. The fourth-order valence-corrected chi connectivity index (χ4v) is 3.06. The van der Waals surface area contributed by atoms with E-state index in [1.165, 1.54) is 24.2 Å². The predicted octanol–water partition coefficient (Wildman–Crippen LogP) is 3.63. The number of benzene rings is 2. The smallest absolute Gasteiger partial charge is 0.221 e. The van der Waals surface area contributed by atoms with Crippen LogP contribution in [0.25, 0.3) is 0 Å². The quantitative estimate of drug-likeness (QED) is 0.446. The van der Waals surface area contributed by atoms with E-state index in [1.807, 2.05) is 31.2 Å². The number of Topliss-reactive ketones (excluding diaryl/α,β-unsaturated/α-hetero) is 1. The highest BCUT2D eigenvalue weighted by Gasteiger charge is 2.10. The van der Waals surface area contributed by atoms with Crippen LogP contribution < -0.4 is 10.1 Å². The molecule has 0 radical (unpaired) electrons. The van der Waals surface area contributed by atoms with E-state index in [4.69, 9.17) is 4.74 Å². The molecule has 0 aliphatic carbocycles. The van der Waals surface area contributed by atoms with Crippen molar-refractivity contribution in [2.45, 2.75) is 25.6 Å². The van der Waals surface area contributed by atoms with Crippen LogP contribution in [0.5, 0.6) is 5.75 Å². The summed E-state index contributed by atoms with van der Waals surface area (Å²) in [6.45, 7) is 3.73. The molecule has 0 unspecified atom stereocenters. The molecule has 0 aliphatic heterocycles. The van der Waals surface area contributed by atoms with Gasteiger partial charge in [-0.25, -0.2) is 4.98 Å². The molecule has 28 heavy (non-hydrogen) atoms. The van der Waals surface area contributed by atoms with Crippen LogP contribution in [0.2, 0.25) is 0 Å². The minimum atomic E-state index is -0.151. The van der Waals surface area contributed by atoms with Crippen molar-refractivity contribution in [2.24, 2.45) is 0 Å². The summed E-state index contributed by atoms with van der Waals surface area (Å²) >= 11 is 1.25. The van der Waals surface area contributed by atoms with E-state index in [1.54, 1.807) is 24.3 Å². The van der Waals surface area contributed by atoms with Crippen molar-refractivity contribution < 1.29 is 14.3 Å². The summed E-state index contributed by atoms with van der Waals surface area (Å²) in [7, 11) is 0. The highest BCUT2D eigenvalue weighted by Crippen LogP contribution is 2.17. The Morgan fingerprint density at radius 3 is 2.50 bits per heavy atom. The molecule has 8 heteroatoms. The Bertz CT molecular complexity index is 952. The van der Waals surface area contributed by atoms with Gasteiger partial charge in [0, 0.05) is 18.2 Å². The zero-order valence-corrected chi connectivity index (χ0v) is 16.4. The number of ether oxygens (including phenoxy) is 1. The van der Waals surface area contributed by atoms with Gasteiger partial charge in [0.25, 0.3) is 0 Å². The summed E-state index contributed by atoms with van der Waals surface area (Å²) in [5, 5.41) is 10.1. The number of ketones is 1. The van der Waals surface area contributed by atoms with E-state index in [9.17, 15) is 9.59 Å². The number of amides is 1. The Balaban J connectivity index is 1.48. The SMILES string of the molecule is CC(=O)Nc1ccc(C(=O)CSc2n[nH]c(COc3ccc(C)cc3)n2)cc1. The molecule has 0 saturated heterocycles. The van der Waals surface area contributed by atoms with Crippen molar-refractivity contribution in [3.8, 4) is 5.75 Å². The van der Waals surface area contributed by atoms with Crippen LogP contribution in [-0.4, -0.2) is 32.6 Å². The van der Waals surface area contributed by atoms with Gasteiger partial charge in [-0.3, -0.25) is 14.7 Å². The van der Waals surface area contributed by atoms with Gasteiger partial charge in [0.1, 0.15) is 12.4 Å². The number of hydrogen-bond donors (Lipinski definition) is 2. The highest BCUT2D eigenvalue weighted by atomic mass is 32.2. The zero-order valence-electron chi connectivity index (χ0n) is 15.6. The lowest BCUT2D eigenvalue weighted by atomic mass is 10.1. The Labute approximate surface area is 166 Å². The predicted molar refractivity (Wildman–Crippen MR) is 108 cm³/mol. The van der Waals surface area contributed by atoms with Gasteiger partial charge in [-0.15, -0.1) is 5.10 Å². The molecule has 1 amide bonds. The normalized spacial score (nSPS) is 10.5. The van der Waals surface area contributed by atoms with Gasteiger partial charge in [0.15, 0.2) is 11.6 Å². The lowest BCUT2D eigenvalue weighted by Gasteiger charge is -2.04. The average molecular weight is 396 g/mol. The van der Waals surface area contributed by atoms with E-state index in [0.717, 1.165) is 5.75 Å². The third-order valence-electron chi connectivity index (χ3n) is 3.77. The number of carbonyl (C=O) groups excluding carboxylic acids is 2. The van der Waals surface area contributed by atoms with Crippen LogP contribution in [0.3, 0.4) is 0 Å². The number of aryl methyl sites for hydroxylation is 1. The lowest BCUT2D eigenvalue weighted by Crippen LogP contribution is -2.07. The van der Waals surface area contributed by atoms with Crippen LogP contribution in [0, 0.1) is 6.92 Å². The molecule has 2 N–H and O–H groups in total. The largest absolute Gasteiger partial charge is 0.486 e. The third-order valence-corrected chi connectivity index (χ3v) is 4.61. The van der Waals surface area contributed by atoms with Gasteiger partial charge < -0.3 is 10.1 Å². The number of carbonyl (C=O) groups is 2. The van der Waals surface area contributed by atoms with Crippen molar-refractivity contribution in [3.05, 3.63) is 65.5 Å². The summed E-state index contributed by atoms with van der Waals surface area (Å²) in [5.41, 5.74) is 2.39. The number of aromatic nitrogens is 3. The lowest BCUT2D eigenvalue weighted by molar-refractivity contribution is -0.114. The molecule has 1 aromatic heterocycles. The molecule has 144 valence electrons. The van der Waals surface area contributed by atoms with Crippen LogP contribution >= 0.6 is 11.8 Å². The van der Waals surface area contributed by atoms with Crippen LogP contribution in [-0.2, 0) is 11.4 Å². The Morgan fingerprint density at radius 1 is 1.11 bits per heavy atom. The zero-order chi connectivity index (χ0) is 19.9. The molecule has 0 spiro atoms. The van der Waals surface area contributed by atoms with Gasteiger partial charge >= 0.3 is 0 Å². The monoisotopic (exact) mass is 396 g/mol. The minimum absolute atomic E-state index is 0.0402.